The second kappa shape index (κ2) is 23.0. The van der Waals surface area contributed by atoms with Gasteiger partial charge in [-0.15, -0.1) is 0 Å². The molecule has 2 N–H and O–H groups in total. The molecule has 4 spiro atoms. The van der Waals surface area contributed by atoms with E-state index < -0.39 is 22.0 Å². The molecule has 26 atom stereocenters. The third kappa shape index (κ3) is 9.70. The van der Waals surface area contributed by atoms with Crippen LogP contribution in [-0.4, -0.2) is 151 Å². The zero-order valence-corrected chi connectivity index (χ0v) is 61.8. The molecule has 12 aliphatic carbocycles. The highest BCUT2D eigenvalue weighted by Crippen LogP contribution is 2.91. The largest absolute Gasteiger partial charge is 0.390 e. The van der Waals surface area contributed by atoms with E-state index in [2.05, 4.69) is 91.8 Å². The van der Waals surface area contributed by atoms with Gasteiger partial charge in [-0.3, -0.25) is 9.59 Å². The summed E-state index contributed by atoms with van der Waals surface area (Å²) in [4.78, 5) is 30.1. The molecule has 4 heterocycles. The number of aliphatic hydroxyl groups excluding tert-OH is 2. The van der Waals surface area contributed by atoms with Gasteiger partial charge in [0.2, 0.25) is 11.8 Å². The topological polar surface area (TPSA) is 171 Å². The molecule has 2 unspecified atom stereocenters. The number of carbonyl (C=O) groups is 2. The van der Waals surface area contributed by atoms with Crippen molar-refractivity contribution in [3.8, 4) is 0 Å². The van der Waals surface area contributed by atoms with Gasteiger partial charge in [0, 0.05) is 41.2 Å². The highest BCUT2D eigenvalue weighted by Gasteiger charge is 2.87. The molecule has 0 radical (unpaired) electrons. The lowest BCUT2D eigenvalue weighted by Crippen LogP contribution is -2.60. The summed E-state index contributed by atoms with van der Waals surface area (Å²) in [7, 11) is -3.50. The van der Waals surface area contributed by atoms with Crippen LogP contribution in [0.2, 0.25) is 0 Å². The Morgan fingerprint density at radius 2 is 0.979 bits per heavy atom. The number of hydrogen-bond acceptors (Lipinski definition) is 12. The Hall–Kier alpha value is -1.48. The minimum Gasteiger partial charge on any atom is -0.390 e. The van der Waals surface area contributed by atoms with E-state index in [1.165, 1.54) is 77.0 Å². The van der Waals surface area contributed by atoms with Crippen LogP contribution in [0.1, 0.15) is 210 Å². The summed E-state index contributed by atoms with van der Waals surface area (Å²) in [6.07, 6.45) is 22.7. The minimum absolute atomic E-state index is 0.00659. The summed E-state index contributed by atoms with van der Waals surface area (Å²) in [5, 5.41) is 24.9. The molecular weight excluding hydrogens is 1320 g/mol. The molecule has 17 rings (SSSR count). The van der Waals surface area contributed by atoms with E-state index in [-0.39, 0.29) is 122 Å². The molecule has 0 aromatic heterocycles. The Labute approximate surface area is 577 Å². The summed E-state index contributed by atoms with van der Waals surface area (Å²) < 4.78 is 67.3. The molecule has 2 amide bonds. The van der Waals surface area contributed by atoms with E-state index in [1.807, 2.05) is 15.9 Å². The molecule has 16 fully saturated rings. The highest BCUT2D eigenvalue weighted by molar-refractivity contribution is 14.1. The van der Waals surface area contributed by atoms with Gasteiger partial charge in [-0.25, -0.2) is 8.42 Å². The summed E-state index contributed by atoms with van der Waals surface area (Å²) in [6.45, 7) is 28.0. The zero-order valence-electron chi connectivity index (χ0n) is 58.8. The number of amides is 2. The normalized spacial score (nSPS) is 51.4. The fourth-order valence-corrected chi connectivity index (χ4v) is 30.1. The molecule has 16 heteroatoms. The van der Waals surface area contributed by atoms with Crippen LogP contribution in [0, 0.1) is 113 Å². The van der Waals surface area contributed by atoms with Gasteiger partial charge in [0.1, 0.15) is 0 Å². The van der Waals surface area contributed by atoms with Gasteiger partial charge in [-0.1, -0.05) is 110 Å². The minimum atomic E-state index is -3.50. The number of nitrogens with zero attached hydrogens (tertiary/aromatic N) is 2. The van der Waals surface area contributed by atoms with Crippen molar-refractivity contribution in [2.45, 2.75) is 277 Å². The number of rotatable bonds is 12. The summed E-state index contributed by atoms with van der Waals surface area (Å²) in [6, 6.07) is 8.72. The van der Waals surface area contributed by atoms with Crippen LogP contribution >= 0.6 is 22.6 Å². The molecule has 14 nitrogen and oxygen atoms in total. The molecular formula is C78H117IN2O12S. The van der Waals surface area contributed by atoms with Crippen LogP contribution in [0.5, 0.6) is 0 Å². The lowest BCUT2D eigenvalue weighted by molar-refractivity contribution is -0.248. The van der Waals surface area contributed by atoms with E-state index in [0.717, 1.165) is 49.4 Å². The quantitative estimate of drug-likeness (QED) is 0.150. The van der Waals surface area contributed by atoms with Crippen LogP contribution < -0.4 is 0 Å². The maximum absolute atomic E-state index is 13.4. The van der Waals surface area contributed by atoms with Crippen molar-refractivity contribution in [1.29, 1.82) is 0 Å². The maximum Gasteiger partial charge on any atom is 0.223 e. The van der Waals surface area contributed by atoms with Crippen molar-refractivity contribution in [2.24, 2.45) is 113 Å². The summed E-state index contributed by atoms with van der Waals surface area (Å²) in [5.41, 5.74) is 0.978. The number of carbonyl (C=O) groups excluding carboxylic acids is 2. The van der Waals surface area contributed by atoms with Crippen LogP contribution in [0.3, 0.4) is 0 Å². The average molecular weight is 1430 g/mol. The standard InChI is InChI=1S/C42H61NO7S.C36H56INO5/c1-26-21-28(24-51(46,47)29-9-7-6-8-10-29)49-36-35(26)39(4)17-18-42-25-41(42)16-15-32(38(2,3)30(41)13-14-31(42)40(39,5)37(36)45)50-34-23-43(19-20-48-34)33(44)22-27-11-12-27;1-21-16-23(18-37)42-30-29(21)33(4)12-13-36-20-35(36)11-10-26(32(2,3)24(35)8-9-25(36)34(33,5)31(30)40)43-28-19-38(14-15-41-28)27(39)17-22-6-7-22/h6-10,26-28,30-32,34-37,45H,11-25H2,1-5H3;21-26,28-31,40H,6-20H2,1-5H3/t26-,28-,30+,31+,32?,34+,35+,36+,37+,39-,40-,41-,42+;21-,23-,24+,25+,26?,28+,29+,30+,31+,33-,34-,35-,36+/m11/s1. The Morgan fingerprint density at radius 1 is 0.564 bits per heavy atom. The van der Waals surface area contributed by atoms with Gasteiger partial charge >= 0.3 is 0 Å². The molecule has 4 aliphatic heterocycles. The van der Waals surface area contributed by atoms with Gasteiger partial charge in [0.05, 0.1) is 85.8 Å². The predicted molar refractivity (Wildman–Crippen MR) is 367 cm³/mol. The first-order valence-electron chi connectivity index (χ1n) is 38.2. The van der Waals surface area contributed by atoms with Gasteiger partial charge in [-0.2, -0.15) is 0 Å². The molecule has 94 heavy (non-hydrogen) atoms. The number of halogens is 1. The van der Waals surface area contributed by atoms with Crippen molar-refractivity contribution in [3.63, 3.8) is 0 Å². The number of aliphatic hydroxyl groups is 2. The first kappa shape index (κ1) is 67.0. The van der Waals surface area contributed by atoms with Crippen molar-refractivity contribution in [2.75, 3.05) is 49.6 Å². The third-order valence-corrected chi connectivity index (χ3v) is 35.8. The molecule has 4 saturated heterocycles. The SMILES string of the molecule is C[C@@H]1C[C@H](CI)O[C@H]2[C@H]1[C@@]1(C)CC[C@@]34C[C@@]35CCC(O[C@H]3CN(C(=O)CC6CC6)CCO3)C(C)(C)[C@@H]5CC[C@H]4[C@]1(C)[C@H]2O.C[C@@H]1C[C@H](CS(=O)(=O)c2ccccc2)O[C@H]2[C@H]1[C@@]1(C)CC[C@@]34C[C@@]35CCC(O[C@H]3CN(C(=O)CC6CC6)CCO3)C(C)(C)[C@@H]5CC[C@H]4[C@]1(C)[C@H]2O. The van der Waals surface area contributed by atoms with Crippen LogP contribution in [0.25, 0.3) is 0 Å². The van der Waals surface area contributed by atoms with E-state index in [9.17, 15) is 28.2 Å². The van der Waals surface area contributed by atoms with Crippen molar-refractivity contribution < 1.29 is 56.6 Å². The van der Waals surface area contributed by atoms with Gasteiger partial charge in [0.25, 0.3) is 0 Å². The first-order valence-corrected chi connectivity index (χ1v) is 41.4. The number of sulfone groups is 1. The second-order valence-corrected chi connectivity index (χ2v) is 40.3. The Bertz CT molecular complexity index is 3200. The van der Waals surface area contributed by atoms with Crippen molar-refractivity contribution >= 4 is 44.2 Å². The number of benzene rings is 1. The van der Waals surface area contributed by atoms with Crippen molar-refractivity contribution in [3.05, 3.63) is 30.3 Å². The zero-order chi connectivity index (χ0) is 65.9. The molecule has 1 aromatic rings. The fourth-order valence-electron chi connectivity index (χ4n) is 28.0. The molecule has 16 aliphatic rings. The lowest BCUT2D eigenvalue weighted by atomic mass is 9.41. The molecule has 12 saturated carbocycles. The summed E-state index contributed by atoms with van der Waals surface area (Å²) in [5.74, 6) is 5.43. The van der Waals surface area contributed by atoms with E-state index in [1.54, 1.807) is 24.3 Å². The number of morpholine rings is 2. The first-order chi connectivity index (χ1) is 44.6. The number of hydrogen-bond donors (Lipinski definition) is 2. The third-order valence-electron chi connectivity index (χ3n) is 33.0. The van der Waals surface area contributed by atoms with E-state index in [4.69, 9.17) is 28.4 Å². The van der Waals surface area contributed by atoms with Crippen LogP contribution in [-0.2, 0) is 47.8 Å². The number of ether oxygens (including phenoxy) is 6. The van der Waals surface area contributed by atoms with Gasteiger partial charge < -0.3 is 48.4 Å². The van der Waals surface area contributed by atoms with Crippen molar-refractivity contribution in [1.82, 2.24) is 9.80 Å². The van der Waals surface area contributed by atoms with Crippen LogP contribution in [0.15, 0.2) is 35.2 Å². The molecule has 1 aromatic carbocycles. The second-order valence-electron chi connectivity index (χ2n) is 37.3. The summed E-state index contributed by atoms with van der Waals surface area (Å²) >= 11 is 2.47. The lowest BCUT2D eigenvalue weighted by Gasteiger charge is -2.64. The predicted octanol–water partition coefficient (Wildman–Crippen LogP) is 13.2. The Balaban J connectivity index is 0.000000151. The Kier molecular flexibility index (Phi) is 16.4. The monoisotopic (exact) mass is 1430 g/mol. The molecule has 524 valence electrons. The maximum atomic E-state index is 13.4. The van der Waals surface area contributed by atoms with Crippen LogP contribution in [0.4, 0.5) is 0 Å². The average Bonchev–Trinajstić information content (AvgIpc) is 1.46. The van der Waals surface area contributed by atoms with E-state index in [0.29, 0.717) is 122 Å². The number of alkyl halides is 1. The molecule has 0 bridgehead atoms. The van der Waals surface area contributed by atoms with Gasteiger partial charge in [0.15, 0.2) is 22.4 Å². The number of fused-ring (bicyclic) bond motifs is 8. The van der Waals surface area contributed by atoms with Gasteiger partial charge in [-0.05, 0) is 243 Å². The van der Waals surface area contributed by atoms with E-state index >= 15 is 0 Å². The fraction of sp³-hybridized carbons (Fsp3) is 0.897. The smallest absolute Gasteiger partial charge is 0.223 e. The Morgan fingerprint density at radius 3 is 1.41 bits per heavy atom. The highest BCUT2D eigenvalue weighted by atomic mass is 127.